The zero-order valence-corrected chi connectivity index (χ0v) is 9.10. The lowest BCUT2D eigenvalue weighted by Gasteiger charge is -2.14. The molecule has 0 unspecified atom stereocenters. The number of hydrogen-bond acceptors (Lipinski definition) is 6. The number of ether oxygens (including phenoxy) is 1. The molecule has 0 aliphatic heterocycles. The molecular weight excluding hydrogens is 204 g/mol. The summed E-state index contributed by atoms with van der Waals surface area (Å²) in [4.78, 5) is 30.2. The largest absolute Gasteiger partial charge is 0.466 e. The van der Waals surface area contributed by atoms with Crippen molar-refractivity contribution in [3.8, 4) is 0 Å². The van der Waals surface area contributed by atoms with E-state index < -0.39 is 17.5 Å². The van der Waals surface area contributed by atoms with E-state index in [-0.39, 0.29) is 0 Å². The van der Waals surface area contributed by atoms with Crippen LogP contribution in [0, 0.1) is 0 Å². The van der Waals surface area contributed by atoms with Crippen LogP contribution < -0.4 is 0 Å². The summed E-state index contributed by atoms with van der Waals surface area (Å²) in [6.45, 7) is 5.14. The van der Waals surface area contributed by atoms with Crippen molar-refractivity contribution in [2.24, 2.45) is 0 Å². The van der Waals surface area contributed by atoms with Crippen molar-refractivity contribution < 1.29 is 29.1 Å². The van der Waals surface area contributed by atoms with Gasteiger partial charge in [0.15, 0.2) is 0 Å². The predicted molar refractivity (Wildman–Crippen MR) is 49.2 cm³/mol. The maximum atomic E-state index is 10.8. The van der Waals surface area contributed by atoms with E-state index in [0.717, 1.165) is 12.2 Å². The van der Waals surface area contributed by atoms with Crippen molar-refractivity contribution in [3.05, 3.63) is 12.2 Å². The van der Waals surface area contributed by atoms with Crippen LogP contribution in [0.2, 0.25) is 0 Å². The Morgan fingerprint density at radius 2 is 1.60 bits per heavy atom. The smallest absolute Gasteiger partial charge is 0.369 e. The van der Waals surface area contributed by atoms with Crippen LogP contribution in [0.25, 0.3) is 0 Å². The van der Waals surface area contributed by atoms with E-state index in [1.807, 2.05) is 0 Å². The van der Waals surface area contributed by atoms with Crippen molar-refractivity contribution in [2.75, 3.05) is 7.11 Å². The Hall–Kier alpha value is -1.40. The molecule has 0 saturated carbocycles. The fraction of sp³-hybridized carbons (Fsp3) is 0.556. The highest BCUT2D eigenvalue weighted by Gasteiger charge is 2.13. The van der Waals surface area contributed by atoms with Crippen LogP contribution in [0.4, 0.5) is 0 Å². The first kappa shape index (κ1) is 13.6. The van der Waals surface area contributed by atoms with Crippen molar-refractivity contribution in [1.29, 1.82) is 0 Å². The summed E-state index contributed by atoms with van der Waals surface area (Å²) in [5.74, 6) is -1.53. The van der Waals surface area contributed by atoms with Gasteiger partial charge in [-0.05, 0) is 25.8 Å². The standard InChI is InChI=1S/C9H14O6/c1-9(2,3)14-15-13-8(11)6-5-7(10)12-4/h5-6H,1-4H3. The number of carbonyl (C=O) groups is 2. The zero-order valence-electron chi connectivity index (χ0n) is 9.10. The maximum absolute atomic E-state index is 10.8. The summed E-state index contributed by atoms with van der Waals surface area (Å²) in [5, 5.41) is 4.17. The lowest BCUT2D eigenvalue weighted by molar-refractivity contribution is -0.513. The minimum Gasteiger partial charge on any atom is -0.466 e. The molecule has 6 heteroatoms. The van der Waals surface area contributed by atoms with Gasteiger partial charge in [-0.1, -0.05) is 0 Å². The molecule has 0 atom stereocenters. The second-order valence-electron chi connectivity index (χ2n) is 3.52. The fourth-order valence-corrected chi connectivity index (χ4v) is 0.385. The number of carbonyl (C=O) groups excluding carboxylic acids is 2. The quantitative estimate of drug-likeness (QED) is 0.302. The van der Waals surface area contributed by atoms with Crippen LogP contribution in [0.3, 0.4) is 0 Å². The van der Waals surface area contributed by atoms with E-state index in [2.05, 4.69) is 19.6 Å². The molecule has 0 heterocycles. The number of methoxy groups -OCH3 is 1. The van der Waals surface area contributed by atoms with Crippen molar-refractivity contribution in [3.63, 3.8) is 0 Å². The monoisotopic (exact) mass is 218 g/mol. The average Bonchev–Trinajstić information content (AvgIpc) is 2.12. The Balaban J connectivity index is 3.76. The highest BCUT2D eigenvalue weighted by molar-refractivity contribution is 5.91. The average molecular weight is 218 g/mol. The highest BCUT2D eigenvalue weighted by atomic mass is 17.5. The number of rotatable bonds is 4. The van der Waals surface area contributed by atoms with Crippen molar-refractivity contribution in [1.82, 2.24) is 0 Å². The second-order valence-corrected chi connectivity index (χ2v) is 3.52. The third-order valence-electron chi connectivity index (χ3n) is 0.957. The van der Waals surface area contributed by atoms with Gasteiger partial charge in [-0.15, -0.1) is 0 Å². The van der Waals surface area contributed by atoms with Gasteiger partial charge in [-0.2, -0.15) is 4.89 Å². The van der Waals surface area contributed by atoms with Gasteiger partial charge in [0, 0.05) is 12.2 Å². The summed E-state index contributed by atoms with van der Waals surface area (Å²) < 4.78 is 4.25. The lowest BCUT2D eigenvalue weighted by atomic mass is 10.2. The summed E-state index contributed by atoms with van der Waals surface area (Å²) in [6.07, 6.45) is 1.76. The van der Waals surface area contributed by atoms with E-state index in [0.29, 0.717) is 0 Å². The fourth-order valence-electron chi connectivity index (χ4n) is 0.385. The van der Waals surface area contributed by atoms with Gasteiger partial charge in [0.05, 0.1) is 12.7 Å². The van der Waals surface area contributed by atoms with Crippen LogP contribution in [0.5, 0.6) is 0 Å². The van der Waals surface area contributed by atoms with Crippen molar-refractivity contribution >= 4 is 11.9 Å². The van der Waals surface area contributed by atoms with E-state index in [4.69, 9.17) is 0 Å². The highest BCUT2D eigenvalue weighted by Crippen LogP contribution is 2.07. The topological polar surface area (TPSA) is 71.1 Å². The molecule has 0 aromatic carbocycles. The molecule has 6 nitrogen and oxygen atoms in total. The lowest BCUT2D eigenvalue weighted by Crippen LogP contribution is -2.20. The maximum Gasteiger partial charge on any atom is 0.369 e. The third kappa shape index (κ3) is 8.92. The van der Waals surface area contributed by atoms with Gasteiger partial charge >= 0.3 is 11.9 Å². The molecule has 0 spiro atoms. The first-order valence-corrected chi connectivity index (χ1v) is 4.17. The molecule has 0 aromatic rings. The third-order valence-corrected chi connectivity index (χ3v) is 0.957. The molecule has 86 valence electrons. The van der Waals surface area contributed by atoms with Crippen LogP contribution in [0.15, 0.2) is 12.2 Å². The van der Waals surface area contributed by atoms with Gasteiger partial charge in [0.25, 0.3) is 0 Å². The van der Waals surface area contributed by atoms with E-state index in [1.165, 1.54) is 7.11 Å². The first-order chi connectivity index (χ1) is 6.85. The van der Waals surface area contributed by atoms with Crippen LogP contribution in [-0.4, -0.2) is 24.6 Å². The summed E-state index contributed by atoms with van der Waals surface area (Å²) in [5.41, 5.74) is -0.591. The Labute approximate surface area is 87.6 Å². The Kier molecular flexibility index (Phi) is 5.58. The van der Waals surface area contributed by atoms with E-state index in [9.17, 15) is 9.59 Å². The summed E-state index contributed by atoms with van der Waals surface area (Å²) in [7, 11) is 1.19. The van der Waals surface area contributed by atoms with Gasteiger partial charge in [-0.25, -0.2) is 9.59 Å². The molecule has 0 aliphatic carbocycles. The van der Waals surface area contributed by atoms with Crippen LogP contribution in [0.1, 0.15) is 20.8 Å². The molecule has 0 amide bonds. The molecule has 0 aromatic heterocycles. The van der Waals surface area contributed by atoms with E-state index >= 15 is 0 Å². The molecule has 0 aliphatic rings. The zero-order chi connectivity index (χ0) is 11.9. The van der Waals surface area contributed by atoms with Crippen LogP contribution in [-0.2, 0) is 29.1 Å². The number of esters is 1. The molecule has 0 saturated heterocycles. The molecular formula is C9H14O6. The minimum absolute atomic E-state index is 0.591. The van der Waals surface area contributed by atoms with Gasteiger partial charge in [0.2, 0.25) is 0 Å². The molecule has 0 fully saturated rings. The number of hydrogen-bond donors (Lipinski definition) is 0. The molecule has 15 heavy (non-hydrogen) atoms. The van der Waals surface area contributed by atoms with Crippen molar-refractivity contribution in [2.45, 2.75) is 26.4 Å². The normalized spacial score (nSPS) is 11.5. The Morgan fingerprint density at radius 3 is 2.07 bits per heavy atom. The van der Waals surface area contributed by atoms with Gasteiger partial charge < -0.3 is 4.74 Å². The second kappa shape index (κ2) is 6.15. The van der Waals surface area contributed by atoms with E-state index in [1.54, 1.807) is 20.8 Å². The predicted octanol–water partition coefficient (Wildman–Crippen LogP) is 0.920. The molecule has 0 radical (unpaired) electrons. The minimum atomic E-state index is -0.871. The first-order valence-electron chi connectivity index (χ1n) is 4.17. The Bertz CT molecular complexity index is 250. The summed E-state index contributed by atoms with van der Waals surface area (Å²) in [6, 6.07) is 0. The summed E-state index contributed by atoms with van der Waals surface area (Å²) >= 11 is 0. The molecule has 0 rings (SSSR count). The SMILES string of the molecule is COC(=O)C=CC(=O)OOOC(C)(C)C. The van der Waals surface area contributed by atoms with Gasteiger partial charge in [-0.3, -0.25) is 4.89 Å². The molecule has 0 bridgehead atoms. The molecule has 0 N–H and O–H groups in total. The Morgan fingerprint density at radius 1 is 1.07 bits per heavy atom. The van der Waals surface area contributed by atoms with Gasteiger partial charge in [0.1, 0.15) is 0 Å². The van der Waals surface area contributed by atoms with Crippen LogP contribution >= 0.6 is 0 Å².